The molecule has 0 saturated carbocycles. The fourth-order valence-electron chi connectivity index (χ4n) is 2.64. The quantitative estimate of drug-likeness (QED) is 0.717. The zero-order valence-corrected chi connectivity index (χ0v) is 14.5. The molecule has 1 amide bonds. The molecule has 5 heteroatoms. The molecule has 1 aromatic heterocycles. The Bertz CT molecular complexity index is 894. The average Bonchev–Trinajstić information content (AvgIpc) is 2.62. The van der Waals surface area contributed by atoms with Crippen molar-refractivity contribution >= 4 is 23.2 Å². The van der Waals surface area contributed by atoms with E-state index in [0.717, 1.165) is 16.7 Å². The normalized spacial score (nSPS) is 11.8. The van der Waals surface area contributed by atoms with Crippen molar-refractivity contribution < 1.29 is 4.79 Å². The number of nitrogens with two attached hydrogens (primary N) is 1. The zero-order chi connectivity index (χ0) is 17.8. The molecule has 0 aliphatic carbocycles. The van der Waals surface area contributed by atoms with Gasteiger partial charge in [-0.15, -0.1) is 0 Å². The Morgan fingerprint density at radius 3 is 2.56 bits per heavy atom. The molecule has 3 rings (SSSR count). The molecule has 0 radical (unpaired) electrons. The average molecular weight is 352 g/mol. The van der Waals surface area contributed by atoms with Crippen molar-refractivity contribution in [2.45, 2.75) is 13.0 Å². The molecular weight excluding hydrogens is 334 g/mol. The molecule has 1 unspecified atom stereocenters. The number of amides is 1. The fraction of sp³-hybridized carbons (Fsp3) is 0.100. The highest BCUT2D eigenvalue weighted by Crippen LogP contribution is 2.30. The minimum absolute atomic E-state index is 0.161. The number of nitrogens with zero attached hydrogens (tertiary/aromatic N) is 1. The molecule has 0 bridgehead atoms. The van der Waals surface area contributed by atoms with E-state index in [2.05, 4.69) is 10.3 Å². The Kier molecular flexibility index (Phi) is 5.12. The summed E-state index contributed by atoms with van der Waals surface area (Å²) < 4.78 is 0. The van der Waals surface area contributed by atoms with Gasteiger partial charge in [0.05, 0.1) is 0 Å². The smallest absolute Gasteiger partial charge is 0.255 e. The topological polar surface area (TPSA) is 68.0 Å². The van der Waals surface area contributed by atoms with E-state index in [1.165, 1.54) is 0 Å². The number of halogens is 1. The summed E-state index contributed by atoms with van der Waals surface area (Å²) in [5.41, 5.74) is 10.1. The summed E-state index contributed by atoms with van der Waals surface area (Å²) in [6.07, 6.45) is 3.26. The van der Waals surface area contributed by atoms with Gasteiger partial charge in [0.15, 0.2) is 0 Å². The van der Waals surface area contributed by atoms with Gasteiger partial charge in [-0.2, -0.15) is 0 Å². The number of hydrogen-bond acceptors (Lipinski definition) is 3. The first kappa shape index (κ1) is 17.1. The van der Waals surface area contributed by atoms with Crippen molar-refractivity contribution in [2.24, 2.45) is 5.73 Å². The van der Waals surface area contributed by atoms with Crippen LogP contribution in [0.2, 0.25) is 5.02 Å². The second-order valence-corrected chi connectivity index (χ2v) is 6.23. The summed E-state index contributed by atoms with van der Waals surface area (Å²) in [6.45, 7) is 1.92. The van der Waals surface area contributed by atoms with Crippen LogP contribution in [0.4, 0.5) is 5.69 Å². The molecule has 1 heterocycles. The third-order valence-corrected chi connectivity index (χ3v) is 4.11. The van der Waals surface area contributed by atoms with Crippen LogP contribution in [-0.2, 0) is 0 Å². The lowest BCUT2D eigenvalue weighted by Crippen LogP contribution is -2.13. The third-order valence-electron chi connectivity index (χ3n) is 3.88. The van der Waals surface area contributed by atoms with Gasteiger partial charge < -0.3 is 11.1 Å². The summed E-state index contributed by atoms with van der Waals surface area (Å²) in [4.78, 5) is 16.5. The summed E-state index contributed by atoms with van der Waals surface area (Å²) in [6, 6.07) is 16.4. The van der Waals surface area contributed by atoms with E-state index in [4.69, 9.17) is 17.3 Å². The highest BCUT2D eigenvalue weighted by atomic mass is 35.5. The predicted octanol–water partition coefficient (Wildman–Crippen LogP) is 4.67. The summed E-state index contributed by atoms with van der Waals surface area (Å²) in [7, 11) is 0. The molecule has 0 fully saturated rings. The molecular formula is C20H18ClN3O. The Labute approximate surface area is 151 Å². The van der Waals surface area contributed by atoms with Crippen molar-refractivity contribution in [1.82, 2.24) is 4.98 Å². The summed E-state index contributed by atoms with van der Waals surface area (Å²) >= 11 is 6.12. The van der Waals surface area contributed by atoms with Gasteiger partial charge in [-0.1, -0.05) is 29.8 Å². The van der Waals surface area contributed by atoms with Crippen LogP contribution in [0.5, 0.6) is 0 Å². The highest BCUT2D eigenvalue weighted by Gasteiger charge is 2.14. The van der Waals surface area contributed by atoms with Crippen molar-refractivity contribution in [3.63, 3.8) is 0 Å². The van der Waals surface area contributed by atoms with Gasteiger partial charge in [-0.05, 0) is 60.0 Å². The fourth-order valence-corrected chi connectivity index (χ4v) is 2.83. The van der Waals surface area contributed by atoms with Crippen LogP contribution in [0.15, 0.2) is 67.0 Å². The van der Waals surface area contributed by atoms with Crippen molar-refractivity contribution in [3.8, 4) is 11.1 Å². The van der Waals surface area contributed by atoms with Gasteiger partial charge >= 0.3 is 0 Å². The maximum Gasteiger partial charge on any atom is 0.255 e. The van der Waals surface area contributed by atoms with Gasteiger partial charge in [0.2, 0.25) is 0 Å². The van der Waals surface area contributed by atoms with Crippen LogP contribution in [0.3, 0.4) is 0 Å². The summed E-state index contributed by atoms with van der Waals surface area (Å²) in [5.74, 6) is -0.189. The molecule has 0 aliphatic heterocycles. The molecule has 4 nitrogen and oxygen atoms in total. The largest absolute Gasteiger partial charge is 0.324 e. The molecule has 0 saturated heterocycles. The number of benzene rings is 2. The van der Waals surface area contributed by atoms with Crippen LogP contribution in [0.1, 0.15) is 28.9 Å². The van der Waals surface area contributed by atoms with Crippen LogP contribution in [0.25, 0.3) is 11.1 Å². The van der Waals surface area contributed by atoms with Crippen LogP contribution in [0, 0.1) is 0 Å². The van der Waals surface area contributed by atoms with Crippen LogP contribution in [-0.4, -0.2) is 10.9 Å². The SMILES string of the molecule is CC(N)c1ccc(C(=O)Nc2ccncc2)cc1-c1cccc(Cl)c1. The predicted molar refractivity (Wildman–Crippen MR) is 102 cm³/mol. The Morgan fingerprint density at radius 2 is 1.88 bits per heavy atom. The molecule has 0 spiro atoms. The van der Waals surface area contributed by atoms with E-state index in [9.17, 15) is 4.79 Å². The van der Waals surface area contributed by atoms with E-state index in [-0.39, 0.29) is 11.9 Å². The number of pyridine rings is 1. The maximum atomic E-state index is 12.6. The zero-order valence-electron chi connectivity index (χ0n) is 13.7. The van der Waals surface area contributed by atoms with Gasteiger partial charge in [0.1, 0.15) is 0 Å². The first-order valence-corrected chi connectivity index (χ1v) is 8.29. The maximum absolute atomic E-state index is 12.6. The lowest BCUT2D eigenvalue weighted by molar-refractivity contribution is 0.102. The van der Waals surface area contributed by atoms with Gasteiger partial charge in [0, 0.05) is 34.7 Å². The first-order valence-electron chi connectivity index (χ1n) is 7.91. The lowest BCUT2D eigenvalue weighted by atomic mass is 9.93. The van der Waals surface area contributed by atoms with Gasteiger partial charge in [0.25, 0.3) is 5.91 Å². The van der Waals surface area contributed by atoms with Gasteiger partial charge in [-0.3, -0.25) is 9.78 Å². The molecule has 2 aromatic carbocycles. The number of carbonyl (C=O) groups is 1. The number of nitrogens with one attached hydrogen (secondary N) is 1. The Morgan fingerprint density at radius 1 is 1.12 bits per heavy atom. The molecule has 3 aromatic rings. The van der Waals surface area contributed by atoms with Gasteiger partial charge in [-0.25, -0.2) is 0 Å². The number of rotatable bonds is 4. The number of anilines is 1. The second-order valence-electron chi connectivity index (χ2n) is 5.79. The van der Waals surface area contributed by atoms with Crippen molar-refractivity contribution in [2.75, 3.05) is 5.32 Å². The molecule has 126 valence electrons. The summed E-state index contributed by atoms with van der Waals surface area (Å²) in [5, 5.41) is 3.50. The Hall–Kier alpha value is -2.69. The standard InChI is InChI=1S/C20H18ClN3O/c1-13(22)18-6-5-15(20(25)24-17-7-9-23-10-8-17)12-19(18)14-3-2-4-16(21)11-14/h2-13H,22H2,1H3,(H,23,24,25). The number of hydrogen-bond donors (Lipinski definition) is 2. The lowest BCUT2D eigenvalue weighted by Gasteiger charge is -2.15. The van der Waals surface area contributed by atoms with E-state index in [1.54, 1.807) is 30.6 Å². The van der Waals surface area contributed by atoms with E-state index in [1.807, 2.05) is 43.3 Å². The molecule has 3 N–H and O–H groups in total. The van der Waals surface area contributed by atoms with Crippen molar-refractivity contribution in [3.05, 3.63) is 83.1 Å². The third kappa shape index (κ3) is 4.05. The molecule has 25 heavy (non-hydrogen) atoms. The number of carbonyl (C=O) groups excluding carboxylic acids is 1. The van der Waals surface area contributed by atoms with Crippen LogP contribution < -0.4 is 11.1 Å². The second kappa shape index (κ2) is 7.47. The molecule has 0 aliphatic rings. The Balaban J connectivity index is 1.99. The minimum atomic E-state index is -0.189. The van der Waals surface area contributed by atoms with E-state index < -0.39 is 0 Å². The van der Waals surface area contributed by atoms with Crippen LogP contribution >= 0.6 is 11.6 Å². The number of aromatic nitrogens is 1. The minimum Gasteiger partial charge on any atom is -0.324 e. The highest BCUT2D eigenvalue weighted by molar-refractivity contribution is 6.30. The van der Waals surface area contributed by atoms with E-state index in [0.29, 0.717) is 16.3 Å². The molecule has 1 atom stereocenters. The van der Waals surface area contributed by atoms with Crippen molar-refractivity contribution in [1.29, 1.82) is 0 Å². The van der Waals surface area contributed by atoms with E-state index >= 15 is 0 Å². The first-order chi connectivity index (χ1) is 12.0. The monoisotopic (exact) mass is 351 g/mol.